The summed E-state index contributed by atoms with van der Waals surface area (Å²) in [7, 11) is -3.37. The summed E-state index contributed by atoms with van der Waals surface area (Å²) in [5.41, 5.74) is 4.01. The fourth-order valence-corrected chi connectivity index (χ4v) is 2.67. The number of morpholine rings is 1. The van der Waals surface area contributed by atoms with Crippen LogP contribution in [0.2, 0.25) is 0 Å². The number of ether oxygens (including phenoxy) is 1. The fraction of sp³-hybridized carbons (Fsp3) is 0.500. The lowest BCUT2D eigenvalue weighted by Crippen LogP contribution is -2.35. The Bertz CT molecular complexity index is 787. The minimum atomic E-state index is -3.37. The summed E-state index contributed by atoms with van der Waals surface area (Å²) in [6.45, 7) is 8.67. The van der Waals surface area contributed by atoms with Gasteiger partial charge in [0.15, 0.2) is 0 Å². The van der Waals surface area contributed by atoms with Crippen LogP contribution >= 0.6 is 0 Å². The van der Waals surface area contributed by atoms with Crippen molar-refractivity contribution in [2.24, 2.45) is 0 Å². The van der Waals surface area contributed by atoms with Crippen LogP contribution in [0.5, 0.6) is 0 Å². The standard InChI is InChI=1S/C11H16N2O.C8H11NO3S.CH4/c1-10-2-3-11(12-8-10)9-13-4-6-14-7-5-13;1-7-3-4-8(9-5-7)6-12-13(2,10)11;/h2-3,8H,4-7,9H2,1H3;3-5H,6H2,1-2H3;1H4. The van der Waals surface area contributed by atoms with Crippen molar-refractivity contribution < 1.29 is 17.3 Å². The van der Waals surface area contributed by atoms with Crippen LogP contribution in [0.3, 0.4) is 0 Å². The maximum Gasteiger partial charge on any atom is 0.264 e. The Balaban J connectivity index is 0.000000271. The number of pyridine rings is 2. The molecule has 1 saturated heterocycles. The molecule has 1 aliphatic rings. The lowest BCUT2D eigenvalue weighted by molar-refractivity contribution is 0.0336. The molecule has 0 atom stereocenters. The quantitative estimate of drug-likeness (QED) is 0.702. The number of aryl methyl sites for hydroxylation is 2. The predicted molar refractivity (Wildman–Crippen MR) is 110 cm³/mol. The van der Waals surface area contributed by atoms with E-state index in [1.54, 1.807) is 12.3 Å². The molecule has 7 nitrogen and oxygen atoms in total. The van der Waals surface area contributed by atoms with Crippen LogP contribution in [-0.4, -0.2) is 55.8 Å². The van der Waals surface area contributed by atoms with E-state index in [4.69, 9.17) is 4.74 Å². The van der Waals surface area contributed by atoms with Crippen LogP contribution in [0.1, 0.15) is 29.9 Å². The zero-order valence-corrected chi connectivity index (χ0v) is 16.9. The normalized spacial score (nSPS) is 14.5. The first-order valence-corrected chi connectivity index (χ1v) is 10.6. The number of rotatable bonds is 5. The number of nitrogens with zero attached hydrogens (tertiary/aromatic N) is 3. The molecule has 2 aromatic rings. The zero-order chi connectivity index (χ0) is 19.7. The van der Waals surface area contributed by atoms with Crippen LogP contribution in [0.4, 0.5) is 0 Å². The van der Waals surface area contributed by atoms with Gasteiger partial charge < -0.3 is 4.74 Å². The number of aromatic nitrogens is 2. The van der Waals surface area contributed by atoms with Crippen molar-refractivity contribution in [3.63, 3.8) is 0 Å². The molecule has 2 aromatic heterocycles. The summed E-state index contributed by atoms with van der Waals surface area (Å²) in [6.07, 6.45) is 4.61. The van der Waals surface area contributed by atoms with Gasteiger partial charge in [-0.05, 0) is 37.1 Å². The lowest BCUT2D eigenvalue weighted by atomic mass is 10.2. The van der Waals surface area contributed by atoms with Crippen molar-refractivity contribution in [1.29, 1.82) is 0 Å². The molecule has 0 spiro atoms. The third-order valence-corrected chi connectivity index (χ3v) is 4.40. The Hall–Kier alpha value is -1.87. The van der Waals surface area contributed by atoms with E-state index >= 15 is 0 Å². The van der Waals surface area contributed by atoms with Gasteiger partial charge in [0.2, 0.25) is 0 Å². The van der Waals surface area contributed by atoms with Gasteiger partial charge >= 0.3 is 0 Å². The van der Waals surface area contributed by atoms with Gasteiger partial charge in [0.1, 0.15) is 6.61 Å². The van der Waals surface area contributed by atoms with Gasteiger partial charge in [0.25, 0.3) is 10.1 Å². The van der Waals surface area contributed by atoms with Crippen molar-refractivity contribution in [2.75, 3.05) is 32.6 Å². The molecule has 1 fully saturated rings. The van der Waals surface area contributed by atoms with E-state index in [1.807, 2.05) is 19.2 Å². The first-order chi connectivity index (χ1) is 12.8. The summed E-state index contributed by atoms with van der Waals surface area (Å²) in [5, 5.41) is 0. The lowest BCUT2D eigenvalue weighted by Gasteiger charge is -2.26. The molecular weight excluding hydrogens is 378 g/mol. The number of hydrogen-bond donors (Lipinski definition) is 0. The Morgan fingerprint density at radius 3 is 2.00 bits per heavy atom. The molecule has 0 bridgehead atoms. The molecule has 28 heavy (non-hydrogen) atoms. The van der Waals surface area contributed by atoms with Gasteiger partial charge in [-0.25, -0.2) is 0 Å². The molecule has 0 aromatic carbocycles. The molecule has 0 unspecified atom stereocenters. The van der Waals surface area contributed by atoms with Crippen LogP contribution in [-0.2, 0) is 32.2 Å². The second-order valence-electron chi connectivity index (χ2n) is 6.51. The van der Waals surface area contributed by atoms with E-state index in [-0.39, 0.29) is 14.0 Å². The molecule has 0 amide bonds. The topological polar surface area (TPSA) is 81.6 Å². The van der Waals surface area contributed by atoms with E-state index in [1.165, 1.54) is 5.56 Å². The second kappa shape index (κ2) is 11.9. The van der Waals surface area contributed by atoms with Gasteiger partial charge in [-0.1, -0.05) is 19.6 Å². The third-order valence-electron chi connectivity index (χ3n) is 3.86. The van der Waals surface area contributed by atoms with Crippen LogP contribution in [0, 0.1) is 13.8 Å². The van der Waals surface area contributed by atoms with Gasteiger partial charge in [0, 0.05) is 32.0 Å². The van der Waals surface area contributed by atoms with E-state index in [2.05, 4.69) is 38.1 Å². The third kappa shape index (κ3) is 9.89. The maximum atomic E-state index is 10.6. The highest BCUT2D eigenvalue weighted by Crippen LogP contribution is 2.05. The first kappa shape index (κ1) is 24.2. The smallest absolute Gasteiger partial charge is 0.264 e. The molecule has 156 valence electrons. The summed E-state index contributed by atoms with van der Waals surface area (Å²) in [4.78, 5) is 10.8. The molecule has 8 heteroatoms. The highest BCUT2D eigenvalue weighted by atomic mass is 32.2. The second-order valence-corrected chi connectivity index (χ2v) is 8.15. The van der Waals surface area contributed by atoms with E-state index in [0.717, 1.165) is 50.4 Å². The van der Waals surface area contributed by atoms with Crippen molar-refractivity contribution in [3.05, 3.63) is 59.2 Å². The van der Waals surface area contributed by atoms with Crippen LogP contribution < -0.4 is 0 Å². The zero-order valence-electron chi connectivity index (χ0n) is 16.1. The van der Waals surface area contributed by atoms with E-state index in [0.29, 0.717) is 5.69 Å². The van der Waals surface area contributed by atoms with Gasteiger partial charge in [-0.3, -0.25) is 19.1 Å². The minimum Gasteiger partial charge on any atom is -0.379 e. The Morgan fingerprint density at radius 2 is 1.54 bits per heavy atom. The average molecular weight is 410 g/mol. The number of hydrogen-bond acceptors (Lipinski definition) is 7. The average Bonchev–Trinajstić information content (AvgIpc) is 2.64. The highest BCUT2D eigenvalue weighted by molar-refractivity contribution is 7.85. The molecule has 3 rings (SSSR count). The molecular formula is C20H31N3O4S. The fourth-order valence-electron chi connectivity index (χ4n) is 2.33. The van der Waals surface area contributed by atoms with Gasteiger partial charge in [-0.2, -0.15) is 8.42 Å². The van der Waals surface area contributed by atoms with E-state index in [9.17, 15) is 8.42 Å². The van der Waals surface area contributed by atoms with E-state index < -0.39 is 10.1 Å². The molecule has 0 aliphatic carbocycles. The summed E-state index contributed by atoms with van der Waals surface area (Å²) >= 11 is 0. The Labute approximate surface area is 168 Å². The van der Waals surface area contributed by atoms with Crippen molar-refractivity contribution >= 4 is 10.1 Å². The van der Waals surface area contributed by atoms with Gasteiger partial charge in [0.05, 0.1) is 30.9 Å². The van der Waals surface area contributed by atoms with Crippen molar-refractivity contribution in [3.8, 4) is 0 Å². The molecule has 1 aliphatic heterocycles. The first-order valence-electron chi connectivity index (χ1n) is 8.79. The molecule has 3 heterocycles. The SMILES string of the molecule is C.Cc1ccc(CN2CCOCC2)nc1.Cc1ccc(COS(C)(=O)=O)nc1. The predicted octanol–water partition coefficient (Wildman–Crippen LogP) is 2.72. The van der Waals surface area contributed by atoms with Crippen LogP contribution in [0.25, 0.3) is 0 Å². The molecule has 0 radical (unpaired) electrons. The monoisotopic (exact) mass is 409 g/mol. The Morgan fingerprint density at radius 1 is 1.00 bits per heavy atom. The largest absolute Gasteiger partial charge is 0.379 e. The highest BCUT2D eigenvalue weighted by Gasteiger charge is 2.10. The Kier molecular flexibility index (Phi) is 10.2. The molecule has 0 saturated carbocycles. The maximum absolute atomic E-state index is 10.6. The van der Waals surface area contributed by atoms with Crippen molar-refractivity contribution in [1.82, 2.24) is 14.9 Å². The van der Waals surface area contributed by atoms with Gasteiger partial charge in [-0.15, -0.1) is 0 Å². The minimum absolute atomic E-state index is 0. The summed E-state index contributed by atoms with van der Waals surface area (Å²) in [5.74, 6) is 0. The van der Waals surface area contributed by atoms with Crippen molar-refractivity contribution in [2.45, 2.75) is 34.4 Å². The molecule has 0 N–H and O–H groups in total. The van der Waals surface area contributed by atoms with Crippen LogP contribution in [0.15, 0.2) is 36.7 Å². The summed E-state index contributed by atoms with van der Waals surface area (Å²) < 4.78 is 31.1. The summed E-state index contributed by atoms with van der Waals surface area (Å²) in [6, 6.07) is 7.81.